The Morgan fingerprint density at radius 3 is 2.20 bits per heavy atom. The molecule has 1 heterocycles. The van der Waals surface area contributed by atoms with Crippen molar-refractivity contribution in [2.45, 2.75) is 63.5 Å². The number of nitrogens with zero attached hydrogens (tertiary/aromatic N) is 1. The average molecular weight is 279 g/mol. The topological polar surface area (TPSA) is 61.4 Å². The van der Waals surface area contributed by atoms with Gasteiger partial charge in [0.15, 0.2) is 0 Å². The summed E-state index contributed by atoms with van der Waals surface area (Å²) in [5, 5.41) is 6.06. The highest BCUT2D eigenvalue weighted by molar-refractivity contribution is 5.80. The molecule has 3 fully saturated rings. The van der Waals surface area contributed by atoms with Gasteiger partial charge in [0.2, 0.25) is 5.91 Å². The van der Waals surface area contributed by atoms with Crippen molar-refractivity contribution in [1.29, 1.82) is 0 Å². The molecule has 5 nitrogen and oxygen atoms in total. The van der Waals surface area contributed by atoms with Crippen LogP contribution >= 0.6 is 0 Å². The second-order valence-corrected chi connectivity index (χ2v) is 6.50. The summed E-state index contributed by atoms with van der Waals surface area (Å²) in [6.07, 6.45) is 8.82. The van der Waals surface area contributed by atoms with Gasteiger partial charge in [-0.15, -0.1) is 0 Å². The second-order valence-electron chi connectivity index (χ2n) is 6.50. The number of hydrogen-bond acceptors (Lipinski definition) is 2. The number of carbonyl (C=O) groups is 2. The fourth-order valence-corrected chi connectivity index (χ4v) is 3.47. The molecule has 1 atom stereocenters. The molecule has 0 spiro atoms. The summed E-state index contributed by atoms with van der Waals surface area (Å²) in [4.78, 5) is 26.0. The molecule has 0 aromatic carbocycles. The smallest absolute Gasteiger partial charge is 0.315 e. The molecular weight excluding hydrogens is 254 g/mol. The highest BCUT2D eigenvalue weighted by Gasteiger charge is 2.34. The first-order valence-corrected chi connectivity index (χ1v) is 8.08. The van der Waals surface area contributed by atoms with Gasteiger partial charge >= 0.3 is 6.03 Å². The third-order valence-electron chi connectivity index (χ3n) is 4.98. The first-order chi connectivity index (χ1) is 9.72. The van der Waals surface area contributed by atoms with E-state index >= 15 is 0 Å². The van der Waals surface area contributed by atoms with Crippen molar-refractivity contribution in [3.05, 3.63) is 0 Å². The fourth-order valence-electron chi connectivity index (χ4n) is 3.47. The molecule has 0 aromatic rings. The Kier molecular flexibility index (Phi) is 4.13. The Morgan fingerprint density at radius 2 is 1.55 bits per heavy atom. The van der Waals surface area contributed by atoms with E-state index in [9.17, 15) is 9.59 Å². The standard InChI is InChI=1S/C15H25N3O2/c19-14(11-4-3-5-11)18-9-8-13(10-18)17-15(20)16-12-6-1-2-7-12/h11-13H,1-10H2,(H2,16,17,20)/t13-/m1/s1. The van der Waals surface area contributed by atoms with Gasteiger partial charge < -0.3 is 15.5 Å². The predicted octanol–water partition coefficient (Wildman–Crippen LogP) is 1.63. The molecule has 2 saturated carbocycles. The van der Waals surface area contributed by atoms with Gasteiger partial charge in [0.25, 0.3) is 0 Å². The lowest BCUT2D eigenvalue weighted by molar-refractivity contribution is -0.137. The zero-order valence-corrected chi connectivity index (χ0v) is 12.1. The van der Waals surface area contributed by atoms with E-state index in [1.165, 1.54) is 19.3 Å². The lowest BCUT2D eigenvalue weighted by Gasteiger charge is -2.29. The molecule has 0 bridgehead atoms. The van der Waals surface area contributed by atoms with Gasteiger partial charge in [0, 0.05) is 31.1 Å². The molecule has 2 N–H and O–H groups in total. The number of likely N-dealkylation sites (tertiary alicyclic amines) is 1. The van der Waals surface area contributed by atoms with Crippen molar-refractivity contribution >= 4 is 11.9 Å². The van der Waals surface area contributed by atoms with Crippen molar-refractivity contribution in [2.75, 3.05) is 13.1 Å². The summed E-state index contributed by atoms with van der Waals surface area (Å²) >= 11 is 0. The predicted molar refractivity (Wildman–Crippen MR) is 76.2 cm³/mol. The minimum Gasteiger partial charge on any atom is -0.340 e. The van der Waals surface area contributed by atoms with Crippen LogP contribution in [0.4, 0.5) is 4.79 Å². The second kappa shape index (κ2) is 6.02. The van der Waals surface area contributed by atoms with Crippen LogP contribution in [0.15, 0.2) is 0 Å². The normalized spacial score (nSPS) is 27.4. The molecule has 0 aromatic heterocycles. The molecule has 3 aliphatic rings. The zero-order chi connectivity index (χ0) is 13.9. The Morgan fingerprint density at radius 1 is 0.850 bits per heavy atom. The van der Waals surface area contributed by atoms with Gasteiger partial charge in [-0.2, -0.15) is 0 Å². The maximum Gasteiger partial charge on any atom is 0.315 e. The molecular formula is C15H25N3O2. The lowest BCUT2D eigenvalue weighted by atomic mass is 9.84. The third kappa shape index (κ3) is 3.07. The summed E-state index contributed by atoms with van der Waals surface area (Å²) in [5.74, 6) is 0.567. The van der Waals surface area contributed by atoms with Crippen LogP contribution in [-0.2, 0) is 4.79 Å². The van der Waals surface area contributed by atoms with E-state index < -0.39 is 0 Å². The minimum absolute atomic E-state index is 0.0557. The summed E-state index contributed by atoms with van der Waals surface area (Å²) < 4.78 is 0. The zero-order valence-electron chi connectivity index (χ0n) is 12.1. The van der Waals surface area contributed by atoms with Crippen molar-refractivity contribution in [3.63, 3.8) is 0 Å². The summed E-state index contributed by atoms with van der Waals surface area (Å²) in [6, 6.07) is 0.421. The molecule has 2 aliphatic carbocycles. The average Bonchev–Trinajstić information content (AvgIpc) is 2.98. The van der Waals surface area contributed by atoms with Crippen LogP contribution in [0, 0.1) is 5.92 Å². The van der Waals surface area contributed by atoms with Crippen molar-refractivity contribution in [2.24, 2.45) is 5.92 Å². The molecule has 3 amide bonds. The van der Waals surface area contributed by atoms with Crippen molar-refractivity contribution in [3.8, 4) is 0 Å². The molecule has 1 aliphatic heterocycles. The monoisotopic (exact) mass is 279 g/mol. The number of amides is 3. The van der Waals surface area contributed by atoms with Gasteiger partial charge in [0.05, 0.1) is 0 Å². The van der Waals surface area contributed by atoms with E-state index in [-0.39, 0.29) is 18.0 Å². The molecule has 112 valence electrons. The van der Waals surface area contributed by atoms with Gasteiger partial charge in [-0.25, -0.2) is 4.79 Å². The van der Waals surface area contributed by atoms with Gasteiger partial charge in [-0.3, -0.25) is 4.79 Å². The van der Waals surface area contributed by atoms with E-state index in [0.717, 1.165) is 38.6 Å². The lowest BCUT2D eigenvalue weighted by Crippen LogP contribution is -2.47. The number of urea groups is 1. The van der Waals surface area contributed by atoms with Crippen LogP contribution in [0.1, 0.15) is 51.4 Å². The Hall–Kier alpha value is -1.26. The number of hydrogen-bond donors (Lipinski definition) is 2. The first-order valence-electron chi connectivity index (χ1n) is 8.08. The van der Waals surface area contributed by atoms with Crippen LogP contribution in [0.5, 0.6) is 0 Å². The van der Waals surface area contributed by atoms with E-state index in [1.807, 2.05) is 4.90 Å². The largest absolute Gasteiger partial charge is 0.340 e. The molecule has 0 radical (unpaired) electrons. The van der Waals surface area contributed by atoms with Gasteiger partial charge in [0.1, 0.15) is 0 Å². The van der Waals surface area contributed by atoms with Crippen LogP contribution in [0.2, 0.25) is 0 Å². The Labute approximate surface area is 120 Å². The van der Waals surface area contributed by atoms with E-state index in [0.29, 0.717) is 18.5 Å². The highest BCUT2D eigenvalue weighted by Crippen LogP contribution is 2.29. The number of carbonyl (C=O) groups excluding carboxylic acids is 2. The SMILES string of the molecule is O=C(NC1CCCC1)N[C@@H]1CCN(C(=O)C2CCC2)C1. The van der Waals surface area contributed by atoms with Gasteiger partial charge in [-0.05, 0) is 32.1 Å². The van der Waals surface area contributed by atoms with E-state index in [1.54, 1.807) is 0 Å². The third-order valence-corrected chi connectivity index (χ3v) is 4.98. The highest BCUT2D eigenvalue weighted by atomic mass is 16.2. The summed E-state index contributed by atoms with van der Waals surface area (Å²) in [7, 11) is 0. The van der Waals surface area contributed by atoms with E-state index in [4.69, 9.17) is 0 Å². The molecule has 20 heavy (non-hydrogen) atoms. The van der Waals surface area contributed by atoms with Crippen LogP contribution in [-0.4, -0.2) is 42.0 Å². The van der Waals surface area contributed by atoms with Crippen LogP contribution < -0.4 is 10.6 Å². The Bertz CT molecular complexity index is 375. The molecule has 5 heteroatoms. The summed E-state index contributed by atoms with van der Waals surface area (Å²) in [5.41, 5.74) is 0. The van der Waals surface area contributed by atoms with Gasteiger partial charge in [-0.1, -0.05) is 19.3 Å². The first kappa shape index (κ1) is 13.7. The minimum atomic E-state index is -0.0557. The maximum absolute atomic E-state index is 12.1. The maximum atomic E-state index is 12.1. The fraction of sp³-hybridized carbons (Fsp3) is 0.867. The van der Waals surface area contributed by atoms with E-state index in [2.05, 4.69) is 10.6 Å². The van der Waals surface area contributed by atoms with Crippen molar-refractivity contribution in [1.82, 2.24) is 15.5 Å². The summed E-state index contributed by atoms with van der Waals surface area (Å²) in [6.45, 7) is 1.48. The quantitative estimate of drug-likeness (QED) is 0.825. The Balaban J connectivity index is 1.40. The number of rotatable bonds is 3. The number of nitrogens with one attached hydrogen (secondary N) is 2. The van der Waals surface area contributed by atoms with Crippen molar-refractivity contribution < 1.29 is 9.59 Å². The molecule has 1 saturated heterocycles. The van der Waals surface area contributed by atoms with Crippen LogP contribution in [0.25, 0.3) is 0 Å². The molecule has 0 unspecified atom stereocenters. The van der Waals surface area contributed by atoms with Crippen LogP contribution in [0.3, 0.4) is 0 Å². The molecule has 3 rings (SSSR count).